The normalized spacial score (nSPS) is 40.1. The number of hydrogen-bond acceptors (Lipinski definition) is 4. The van der Waals surface area contributed by atoms with Crippen molar-refractivity contribution in [1.82, 2.24) is 5.32 Å². The molecule has 4 nitrogen and oxygen atoms in total. The molecule has 0 spiro atoms. The van der Waals surface area contributed by atoms with E-state index in [-0.39, 0.29) is 17.5 Å². The minimum absolute atomic E-state index is 0.0121. The molecule has 2 N–H and O–H groups in total. The van der Waals surface area contributed by atoms with Crippen LogP contribution in [0.3, 0.4) is 0 Å². The van der Waals surface area contributed by atoms with E-state index in [1.54, 1.807) is 11.6 Å². The third-order valence-electron chi connectivity index (χ3n) is 17.2. The Morgan fingerprint density at radius 2 is 1.65 bits per heavy atom. The number of carbonyl (C=O) groups excluding carboxylic acids is 1. The number of alkyl halides is 1. The summed E-state index contributed by atoms with van der Waals surface area (Å²) < 4.78 is 15.2. The maximum atomic E-state index is 12.9. The highest BCUT2D eigenvalue weighted by atomic mass is 19.1. The third-order valence-corrected chi connectivity index (χ3v) is 17.2. The molecule has 1 aromatic rings. The molecule has 7 aliphatic rings. The van der Waals surface area contributed by atoms with E-state index < -0.39 is 0 Å². The van der Waals surface area contributed by atoms with Crippen LogP contribution >= 0.6 is 0 Å². The first-order chi connectivity index (χ1) is 25.9. The van der Waals surface area contributed by atoms with Crippen molar-refractivity contribution in [3.63, 3.8) is 0 Å². The highest BCUT2D eigenvalue weighted by Crippen LogP contribution is 2.75. The fourth-order valence-electron chi connectivity index (χ4n) is 14.1. The van der Waals surface area contributed by atoms with E-state index in [0.29, 0.717) is 41.5 Å². The number of ether oxygens (including phenoxy) is 1. The summed E-state index contributed by atoms with van der Waals surface area (Å²) in [7, 11) is 0.500. The summed E-state index contributed by atoms with van der Waals surface area (Å²) in [4.78, 5) is 12.9. The van der Waals surface area contributed by atoms with E-state index in [2.05, 4.69) is 51.7 Å². The van der Waals surface area contributed by atoms with Gasteiger partial charge >= 0.3 is 5.97 Å². The fraction of sp³-hybridized carbons (Fsp3) is 0.735. The summed E-state index contributed by atoms with van der Waals surface area (Å²) in [5, 5.41) is 15.0. The number of hydrogen-bond donors (Lipinski definition) is 2. The lowest BCUT2D eigenvalue weighted by molar-refractivity contribution is -0.212. The van der Waals surface area contributed by atoms with Crippen LogP contribution < -0.4 is 5.32 Å². The van der Waals surface area contributed by atoms with Crippen molar-refractivity contribution in [2.24, 2.45) is 51.8 Å². The highest BCUT2D eigenvalue weighted by Gasteiger charge is 2.68. The molecule has 0 aliphatic heterocycles. The zero-order valence-electron chi connectivity index (χ0n) is 34.9. The van der Waals surface area contributed by atoms with Gasteiger partial charge in [-0.3, -0.25) is 9.18 Å². The second kappa shape index (κ2) is 16.7. The van der Waals surface area contributed by atoms with Gasteiger partial charge in [0.2, 0.25) is 0 Å². The Morgan fingerprint density at radius 1 is 0.907 bits per heavy atom. The smallest absolute Gasteiger partial charge is 0.309 e. The first-order valence-corrected chi connectivity index (χ1v) is 21.9. The molecule has 1 aromatic carbocycles. The molecule has 0 aromatic heterocycles. The average molecular weight is 744 g/mol. The predicted octanol–water partition coefficient (Wildman–Crippen LogP) is 11.9. The van der Waals surface area contributed by atoms with Crippen molar-refractivity contribution in [2.75, 3.05) is 13.7 Å². The molecule has 5 fully saturated rings. The summed E-state index contributed by atoms with van der Waals surface area (Å²) in [6.45, 7) is 17.4. The Balaban J connectivity index is 0.000000949. The summed E-state index contributed by atoms with van der Waals surface area (Å²) in [6, 6.07) is 10.0. The minimum atomic E-state index is -0.376. The number of allylic oxidation sites excluding steroid dienone is 5. The number of nitrogens with one attached hydrogen (secondary N) is 1. The molecule has 10 atom stereocenters. The molecule has 0 bridgehead atoms. The van der Waals surface area contributed by atoms with Gasteiger partial charge in [-0.25, -0.2) is 0 Å². The Kier molecular flexibility index (Phi) is 12.8. The zero-order chi connectivity index (χ0) is 38.8. The molecule has 300 valence electrons. The summed E-state index contributed by atoms with van der Waals surface area (Å²) in [5.74, 6) is 3.71. The van der Waals surface area contributed by atoms with E-state index in [1.807, 2.05) is 37.3 Å². The largest absolute Gasteiger partial charge is 0.461 e. The molecule has 0 heterocycles. The molecule has 7 aliphatic carbocycles. The predicted molar refractivity (Wildman–Crippen MR) is 220 cm³/mol. The number of esters is 1. The van der Waals surface area contributed by atoms with E-state index in [1.165, 1.54) is 76.2 Å². The number of aliphatic hydroxyl groups is 1. The van der Waals surface area contributed by atoms with Crippen LogP contribution in [0, 0.1) is 51.8 Å². The molecule has 0 amide bonds. The maximum Gasteiger partial charge on any atom is 0.309 e. The van der Waals surface area contributed by atoms with Crippen LogP contribution in [0.5, 0.6) is 0 Å². The highest BCUT2D eigenvalue weighted by molar-refractivity contribution is 5.73. The summed E-state index contributed by atoms with van der Waals surface area (Å²) in [5.41, 5.74) is 5.31. The van der Waals surface area contributed by atoms with E-state index in [0.717, 1.165) is 74.3 Å². The van der Waals surface area contributed by atoms with Crippen molar-refractivity contribution in [1.29, 1.82) is 0 Å². The molecule has 5 heteroatoms. The lowest BCUT2D eigenvalue weighted by Crippen LogP contribution is -2.67. The SMILES string of the molecule is C=CC.CC1C(C2=CCC(C(=O)OCc3ccccc3)CC2)=CCC2(C)C1CCC1(C)C2CCC2[C@H]3CCCC3(NCCC3(O)CCC3)CC[C@]21C.CF. The maximum absolute atomic E-state index is 12.9. The van der Waals surface area contributed by atoms with E-state index in [9.17, 15) is 14.3 Å². The van der Waals surface area contributed by atoms with Crippen molar-refractivity contribution in [3.8, 4) is 0 Å². The second-order valence-corrected chi connectivity index (χ2v) is 19.5. The van der Waals surface area contributed by atoms with Crippen LogP contribution in [-0.4, -0.2) is 35.9 Å². The molecule has 8 rings (SSSR count). The lowest BCUT2D eigenvalue weighted by Gasteiger charge is -2.71. The first kappa shape index (κ1) is 41.4. The topological polar surface area (TPSA) is 58.6 Å². The average Bonchev–Trinajstić information content (AvgIpc) is 3.59. The van der Waals surface area contributed by atoms with Crippen LogP contribution in [0.25, 0.3) is 0 Å². The summed E-state index contributed by atoms with van der Waals surface area (Å²) >= 11 is 0. The number of fused-ring (bicyclic) bond motifs is 7. The van der Waals surface area contributed by atoms with Gasteiger partial charge in [0, 0.05) is 5.54 Å². The first-order valence-electron chi connectivity index (χ1n) is 21.9. The fourth-order valence-corrected chi connectivity index (χ4v) is 14.1. The molecule has 0 radical (unpaired) electrons. The number of carbonyl (C=O) groups is 1. The van der Waals surface area contributed by atoms with Crippen LogP contribution in [0.15, 0.2) is 66.3 Å². The number of benzene rings is 1. The number of halogens is 1. The Morgan fingerprint density at radius 3 is 2.31 bits per heavy atom. The monoisotopic (exact) mass is 744 g/mol. The van der Waals surface area contributed by atoms with Crippen molar-refractivity contribution < 1.29 is 19.0 Å². The van der Waals surface area contributed by atoms with Crippen molar-refractivity contribution >= 4 is 5.97 Å². The Hall–Kier alpha value is -2.24. The van der Waals surface area contributed by atoms with Gasteiger partial charge in [-0.2, -0.15) is 0 Å². The van der Waals surface area contributed by atoms with E-state index >= 15 is 0 Å². The standard InChI is InChI=1S/C45H65NO3.C3H6.CH3F/c1-31-35(33-13-15-34(16-14-33)40(47)49-30-32-10-6-5-7-11-32)19-24-41(2)36(31)20-25-43(4)39(41)18-17-37-38-12-8-23-45(38,27-26-42(37,43)3)46-29-28-44(48)21-9-22-44;1-3-2;1-2/h5-7,10-11,13,19,31,34,36-39,46,48H,8-9,12,14-18,20-30H2,1-4H3;3H,1H2,2H3;1H3/t31?,34?,36?,37?,38-,39?,41?,42-,43?,45?;;/m1../s1. The molecule has 0 saturated heterocycles. The van der Waals surface area contributed by atoms with Gasteiger partial charge in [0.15, 0.2) is 0 Å². The van der Waals surface area contributed by atoms with Crippen molar-refractivity contribution in [2.45, 2.75) is 162 Å². The van der Waals surface area contributed by atoms with Gasteiger partial charge < -0.3 is 15.2 Å². The van der Waals surface area contributed by atoms with Gasteiger partial charge in [-0.05, 0) is 179 Å². The van der Waals surface area contributed by atoms with Crippen LogP contribution in [-0.2, 0) is 16.1 Å². The molecule has 5 saturated carbocycles. The lowest BCUT2D eigenvalue weighted by atomic mass is 9.34. The molecule has 54 heavy (non-hydrogen) atoms. The van der Waals surface area contributed by atoms with Gasteiger partial charge in [0.1, 0.15) is 6.61 Å². The van der Waals surface area contributed by atoms with Gasteiger partial charge in [-0.1, -0.05) is 82.7 Å². The third kappa shape index (κ3) is 7.36. The Labute approximate surface area is 328 Å². The van der Waals surface area contributed by atoms with Gasteiger partial charge in [-0.15, -0.1) is 6.58 Å². The second-order valence-electron chi connectivity index (χ2n) is 19.5. The van der Waals surface area contributed by atoms with Crippen LogP contribution in [0.1, 0.15) is 149 Å². The Bertz CT molecular complexity index is 1520. The van der Waals surface area contributed by atoms with Gasteiger partial charge in [0.05, 0.1) is 18.7 Å². The van der Waals surface area contributed by atoms with Crippen LogP contribution in [0.4, 0.5) is 4.39 Å². The number of rotatable bonds is 8. The van der Waals surface area contributed by atoms with Gasteiger partial charge in [0.25, 0.3) is 0 Å². The molecule has 8 unspecified atom stereocenters. The van der Waals surface area contributed by atoms with Crippen molar-refractivity contribution in [3.05, 3.63) is 71.8 Å². The quantitative estimate of drug-likeness (QED) is 0.206. The molecular formula is C49H74FNO3. The molecular weight excluding hydrogens is 670 g/mol. The van der Waals surface area contributed by atoms with E-state index in [4.69, 9.17) is 4.74 Å². The minimum Gasteiger partial charge on any atom is -0.461 e. The zero-order valence-corrected chi connectivity index (χ0v) is 34.9. The van der Waals surface area contributed by atoms with Crippen LogP contribution in [0.2, 0.25) is 0 Å². The summed E-state index contributed by atoms with van der Waals surface area (Å²) in [6.07, 6.45) is 27.3.